The van der Waals surface area contributed by atoms with E-state index in [2.05, 4.69) is 0 Å². The maximum Gasteiger partial charge on any atom is 0.489 e. The van der Waals surface area contributed by atoms with Crippen LogP contribution < -0.4 is 11.2 Å². The number of ether oxygens (including phenoxy) is 3. The summed E-state index contributed by atoms with van der Waals surface area (Å²) in [5.74, 6) is -1.61. The van der Waals surface area contributed by atoms with E-state index in [1.54, 1.807) is 24.3 Å². The fraction of sp³-hybridized carbons (Fsp3) is 0.548. The smallest absolute Gasteiger partial charge is 0.464 e. The molecule has 3 N–H and O–H groups in total. The Kier molecular flexibility index (Phi) is 12.6. The van der Waals surface area contributed by atoms with Gasteiger partial charge >= 0.3 is 33.3 Å². The van der Waals surface area contributed by atoms with Crippen LogP contribution in [0.4, 0.5) is 0 Å². The first-order valence-electron chi connectivity index (χ1n) is 15.8. The molecule has 4 rings (SSSR count). The Balaban J connectivity index is 1.47. The van der Waals surface area contributed by atoms with Crippen LogP contribution in [0.3, 0.4) is 0 Å². The number of fused-ring (bicyclic) bond motifs is 1. The van der Waals surface area contributed by atoms with Crippen molar-refractivity contribution >= 4 is 38.6 Å². The normalized spacial score (nSPS) is 22.4. The first-order chi connectivity index (χ1) is 24.0. The molecule has 3 aromatic rings. The number of aromatic nitrogens is 2. The van der Waals surface area contributed by atoms with Crippen LogP contribution in [0.1, 0.15) is 60.3 Å². The molecule has 0 radical (unpaired) electrons. The van der Waals surface area contributed by atoms with Gasteiger partial charge in [0.1, 0.15) is 23.9 Å². The monoisotopic (exact) mass is 776 g/mol. The van der Waals surface area contributed by atoms with E-state index in [1.807, 2.05) is 0 Å². The molecule has 1 aliphatic heterocycles. The van der Waals surface area contributed by atoms with Crippen molar-refractivity contribution in [1.82, 2.24) is 9.13 Å². The van der Waals surface area contributed by atoms with Crippen molar-refractivity contribution in [1.29, 1.82) is 0 Å². The van der Waals surface area contributed by atoms with Gasteiger partial charge in [-0.2, -0.15) is 4.31 Å². The van der Waals surface area contributed by atoms with Crippen molar-refractivity contribution in [2.24, 2.45) is 10.8 Å². The lowest BCUT2D eigenvalue weighted by Crippen LogP contribution is -2.43. The predicted octanol–water partition coefficient (Wildman–Crippen LogP) is 3.18. The molecule has 3 heterocycles. The SMILES string of the molecule is CC(OC(=O)C(C)(C)C)OP(=O)(OCOC(=O)C(C)(C)C)OP(=O)(O)OC[C@H]1O[C@@H](n2ccc(=O)n(Cc3coc4ccccc34)c2=O)[C@@H](O)C1O. The molecule has 1 saturated heterocycles. The highest BCUT2D eigenvalue weighted by atomic mass is 31.3. The molecular formula is C31H42N2O17P2. The van der Waals surface area contributed by atoms with Gasteiger partial charge in [0.25, 0.3) is 5.56 Å². The number of benzene rings is 1. The number of aliphatic hydroxyl groups excluding tert-OH is 2. The third kappa shape index (κ3) is 10.1. The van der Waals surface area contributed by atoms with Crippen molar-refractivity contribution in [2.45, 2.75) is 85.8 Å². The van der Waals surface area contributed by atoms with Crippen LogP contribution in [0.15, 0.2) is 56.8 Å². The van der Waals surface area contributed by atoms with E-state index in [0.717, 1.165) is 28.3 Å². The molecule has 1 fully saturated rings. The van der Waals surface area contributed by atoms with E-state index in [9.17, 15) is 43.4 Å². The molecule has 0 saturated carbocycles. The quantitative estimate of drug-likeness (QED) is 0.121. The predicted molar refractivity (Wildman–Crippen MR) is 178 cm³/mol. The molecule has 19 nitrogen and oxygen atoms in total. The fourth-order valence-corrected chi connectivity index (χ4v) is 7.10. The van der Waals surface area contributed by atoms with E-state index in [1.165, 1.54) is 47.8 Å². The second-order valence-electron chi connectivity index (χ2n) is 13.8. The number of rotatable bonds is 14. The maximum atomic E-state index is 13.5. The van der Waals surface area contributed by atoms with Crippen molar-refractivity contribution in [2.75, 3.05) is 13.4 Å². The Bertz CT molecular complexity index is 1970. The van der Waals surface area contributed by atoms with Gasteiger partial charge in [0.2, 0.25) is 13.1 Å². The molecular weight excluding hydrogens is 734 g/mol. The Morgan fingerprint density at radius 1 is 0.962 bits per heavy atom. The Morgan fingerprint density at radius 2 is 1.62 bits per heavy atom. The second kappa shape index (κ2) is 15.9. The lowest BCUT2D eigenvalue weighted by atomic mass is 9.97. The van der Waals surface area contributed by atoms with E-state index in [4.69, 9.17) is 36.5 Å². The third-order valence-corrected chi connectivity index (χ3v) is 10.5. The average Bonchev–Trinajstić information content (AvgIpc) is 3.56. The second-order valence-corrected chi connectivity index (χ2v) is 17.0. The van der Waals surface area contributed by atoms with Gasteiger partial charge in [0.15, 0.2) is 6.23 Å². The first kappa shape index (κ1) is 41.3. The van der Waals surface area contributed by atoms with Crippen LogP contribution in [-0.2, 0) is 57.4 Å². The number of aliphatic hydroxyl groups is 2. The number of carbonyl (C=O) groups excluding carboxylic acids is 2. The molecule has 0 amide bonds. The van der Waals surface area contributed by atoms with E-state index in [-0.39, 0.29) is 6.54 Å². The molecule has 1 aromatic carbocycles. The zero-order chi connectivity index (χ0) is 38.8. The largest absolute Gasteiger partial charge is 0.489 e. The zero-order valence-corrected chi connectivity index (χ0v) is 31.2. The maximum absolute atomic E-state index is 13.5. The summed E-state index contributed by atoms with van der Waals surface area (Å²) in [6, 6.07) is 8.01. The standard InChI is InChI=1S/C31H42N2O17P2/c1-18(47-28(38)31(5,6)7)49-52(42,46-17-44-27(37)30(2,3)4)50-51(40,41)45-16-22-24(35)25(36)26(48-22)32-13-12-23(34)33(29(32)39)14-19-15-43-21-11-9-8-10-20(19)21/h8-13,15,18,22,24-26,35-36H,14,16-17H2,1-7H3,(H,40,41)/t18?,22-,24?,25+,26-,52?/m1/s1. The van der Waals surface area contributed by atoms with Crippen molar-refractivity contribution in [3.05, 3.63) is 69.2 Å². The van der Waals surface area contributed by atoms with E-state index in [0.29, 0.717) is 16.5 Å². The summed E-state index contributed by atoms with van der Waals surface area (Å²) in [4.78, 5) is 61.1. The van der Waals surface area contributed by atoms with Crippen molar-refractivity contribution in [3.8, 4) is 0 Å². The zero-order valence-electron chi connectivity index (χ0n) is 29.4. The lowest BCUT2D eigenvalue weighted by molar-refractivity contribution is -0.173. The van der Waals surface area contributed by atoms with Gasteiger partial charge in [-0.3, -0.25) is 28.0 Å². The highest BCUT2D eigenvalue weighted by molar-refractivity contribution is 7.61. The van der Waals surface area contributed by atoms with Crippen LogP contribution in [0.25, 0.3) is 11.0 Å². The topological polar surface area (TPSA) is 251 Å². The van der Waals surface area contributed by atoms with Crippen LogP contribution in [0.5, 0.6) is 0 Å². The summed E-state index contributed by atoms with van der Waals surface area (Å²) in [7, 11) is -10.7. The Labute approximate surface area is 297 Å². The Hall–Kier alpha value is -3.48. The Morgan fingerprint density at radius 3 is 2.27 bits per heavy atom. The molecule has 4 unspecified atom stereocenters. The minimum Gasteiger partial charge on any atom is -0.464 e. The number of hydrogen-bond acceptors (Lipinski definition) is 16. The van der Waals surface area contributed by atoms with Gasteiger partial charge in [-0.15, -0.1) is 0 Å². The molecule has 288 valence electrons. The third-order valence-electron chi connectivity index (χ3n) is 7.38. The fourth-order valence-electron chi connectivity index (χ4n) is 4.58. The number of furan rings is 1. The van der Waals surface area contributed by atoms with Gasteiger partial charge in [0.05, 0.1) is 30.2 Å². The average molecular weight is 777 g/mol. The number of nitrogens with zero attached hydrogens (tertiary/aromatic N) is 2. The number of hydrogen-bond donors (Lipinski definition) is 3. The molecule has 0 spiro atoms. The minimum absolute atomic E-state index is 0.202. The lowest BCUT2D eigenvalue weighted by Gasteiger charge is -2.26. The van der Waals surface area contributed by atoms with Gasteiger partial charge in [0, 0.05) is 23.2 Å². The highest BCUT2D eigenvalue weighted by Crippen LogP contribution is 2.64. The van der Waals surface area contributed by atoms with E-state index >= 15 is 0 Å². The summed E-state index contributed by atoms with van der Waals surface area (Å²) in [5, 5.41) is 22.1. The summed E-state index contributed by atoms with van der Waals surface area (Å²) in [6.45, 7) is 7.94. The molecule has 7 atom stereocenters. The van der Waals surface area contributed by atoms with Gasteiger partial charge < -0.3 is 33.7 Å². The van der Waals surface area contributed by atoms with Gasteiger partial charge in [-0.1, -0.05) is 18.2 Å². The van der Waals surface area contributed by atoms with Crippen molar-refractivity contribution < 1.29 is 70.3 Å². The molecule has 2 aromatic heterocycles. The summed E-state index contributed by atoms with van der Waals surface area (Å²) >= 11 is 0. The number of para-hydroxylation sites is 1. The number of carbonyl (C=O) groups is 2. The molecule has 0 aliphatic carbocycles. The van der Waals surface area contributed by atoms with Crippen LogP contribution in [0.2, 0.25) is 0 Å². The van der Waals surface area contributed by atoms with Crippen LogP contribution >= 0.6 is 15.6 Å². The van der Waals surface area contributed by atoms with E-state index < -0.39 is 93.9 Å². The highest BCUT2D eigenvalue weighted by Gasteiger charge is 2.47. The summed E-state index contributed by atoms with van der Waals surface area (Å²) in [6.07, 6.45) is -6.05. The molecule has 0 bridgehead atoms. The van der Waals surface area contributed by atoms with Crippen LogP contribution in [-0.4, -0.2) is 74.2 Å². The molecule has 52 heavy (non-hydrogen) atoms. The van der Waals surface area contributed by atoms with Crippen LogP contribution in [0, 0.1) is 10.8 Å². The van der Waals surface area contributed by atoms with Crippen molar-refractivity contribution in [3.63, 3.8) is 0 Å². The van der Waals surface area contributed by atoms with Gasteiger partial charge in [-0.25, -0.2) is 23.0 Å². The first-order valence-corrected chi connectivity index (χ1v) is 18.8. The number of phosphoric acid groups is 2. The minimum atomic E-state index is -5.49. The summed E-state index contributed by atoms with van der Waals surface area (Å²) in [5.41, 5.74) is -2.59. The summed E-state index contributed by atoms with van der Waals surface area (Å²) < 4.78 is 68.8. The molecule has 21 heteroatoms. The van der Waals surface area contributed by atoms with Gasteiger partial charge in [-0.05, 0) is 54.5 Å². The number of phosphoric ester groups is 2. The molecule has 1 aliphatic rings. The number of esters is 2.